The van der Waals surface area contributed by atoms with E-state index in [1.165, 1.54) is 0 Å². The van der Waals surface area contributed by atoms with Crippen LogP contribution in [0.4, 0.5) is 0 Å². The maximum absolute atomic E-state index is 12.8. The summed E-state index contributed by atoms with van der Waals surface area (Å²) in [4.78, 5) is 22.8. The fourth-order valence-electron chi connectivity index (χ4n) is 3.05. The monoisotopic (exact) mass is 335 g/mol. The van der Waals surface area contributed by atoms with E-state index in [1.807, 2.05) is 18.2 Å². The number of carbonyl (C=O) groups is 1. The molecule has 25 heavy (non-hydrogen) atoms. The van der Waals surface area contributed by atoms with Gasteiger partial charge in [-0.2, -0.15) is 0 Å². The van der Waals surface area contributed by atoms with Crippen molar-refractivity contribution in [2.75, 3.05) is 6.54 Å². The lowest BCUT2D eigenvalue weighted by molar-refractivity contribution is 0.0566. The summed E-state index contributed by atoms with van der Waals surface area (Å²) in [5, 5.41) is 8.32. The molecule has 0 aromatic carbocycles. The number of amides is 1. The van der Waals surface area contributed by atoms with Gasteiger partial charge in [-0.1, -0.05) is 6.07 Å². The minimum atomic E-state index is -0.216. The minimum Gasteiger partial charge on any atom is -0.418 e. The molecule has 7 heteroatoms. The molecule has 1 aliphatic rings. The Morgan fingerprint density at radius 2 is 1.96 bits per heavy atom. The van der Waals surface area contributed by atoms with Crippen LogP contribution < -0.4 is 0 Å². The lowest BCUT2D eigenvalue weighted by atomic mass is 10.0. The van der Waals surface area contributed by atoms with Crippen LogP contribution >= 0.6 is 0 Å². The molecule has 3 aromatic heterocycles. The van der Waals surface area contributed by atoms with Gasteiger partial charge in [-0.25, -0.2) is 0 Å². The first-order chi connectivity index (χ1) is 12.3. The number of pyridine rings is 2. The van der Waals surface area contributed by atoms with Crippen molar-refractivity contribution in [1.29, 1.82) is 0 Å². The Morgan fingerprint density at radius 3 is 2.76 bits per heavy atom. The fraction of sp³-hybridized carbons (Fsp3) is 0.278. The van der Waals surface area contributed by atoms with E-state index in [0.717, 1.165) is 24.8 Å². The Labute approximate surface area is 144 Å². The van der Waals surface area contributed by atoms with Crippen molar-refractivity contribution in [1.82, 2.24) is 25.1 Å². The first-order valence-corrected chi connectivity index (χ1v) is 8.29. The Hall–Kier alpha value is -3.09. The van der Waals surface area contributed by atoms with Gasteiger partial charge in [0.15, 0.2) is 0 Å². The van der Waals surface area contributed by atoms with Gasteiger partial charge in [-0.05, 0) is 43.5 Å². The van der Waals surface area contributed by atoms with Crippen LogP contribution in [0.2, 0.25) is 0 Å². The predicted molar refractivity (Wildman–Crippen MR) is 89.4 cm³/mol. The van der Waals surface area contributed by atoms with Gasteiger partial charge >= 0.3 is 0 Å². The molecule has 1 aliphatic heterocycles. The maximum Gasteiger partial charge on any atom is 0.273 e. The fourth-order valence-corrected chi connectivity index (χ4v) is 3.05. The number of piperidine rings is 1. The van der Waals surface area contributed by atoms with E-state index < -0.39 is 0 Å². The molecule has 0 N–H and O–H groups in total. The summed E-state index contributed by atoms with van der Waals surface area (Å²) < 4.78 is 5.86. The van der Waals surface area contributed by atoms with Gasteiger partial charge in [0.25, 0.3) is 5.91 Å². The molecule has 4 rings (SSSR count). The standard InChI is InChI=1S/C18H17N5O2/c24-18(14-5-1-3-9-20-14)23-12-4-2-6-15(23)17-22-21-16(25-17)13-7-10-19-11-8-13/h1,3,5,7-11,15H,2,4,6,12H2/t15-/m1/s1. The van der Waals surface area contributed by atoms with Crippen LogP contribution in [0.15, 0.2) is 53.3 Å². The molecule has 1 saturated heterocycles. The van der Waals surface area contributed by atoms with Crippen molar-refractivity contribution in [3.8, 4) is 11.5 Å². The molecule has 4 heterocycles. The third-order valence-electron chi connectivity index (χ3n) is 4.30. The molecule has 0 radical (unpaired) electrons. The van der Waals surface area contributed by atoms with Gasteiger partial charge in [0, 0.05) is 30.7 Å². The number of carbonyl (C=O) groups excluding carboxylic acids is 1. The molecule has 1 atom stereocenters. The number of nitrogens with zero attached hydrogens (tertiary/aromatic N) is 5. The van der Waals surface area contributed by atoms with Gasteiger partial charge in [0.2, 0.25) is 11.8 Å². The molecule has 0 saturated carbocycles. The topological polar surface area (TPSA) is 85.0 Å². The number of aromatic nitrogens is 4. The number of hydrogen-bond acceptors (Lipinski definition) is 6. The maximum atomic E-state index is 12.8. The molecular formula is C18H17N5O2. The molecule has 0 unspecified atom stereocenters. The van der Waals surface area contributed by atoms with Gasteiger partial charge in [0.1, 0.15) is 11.7 Å². The van der Waals surface area contributed by atoms with Gasteiger partial charge in [0.05, 0.1) is 0 Å². The zero-order valence-electron chi connectivity index (χ0n) is 13.6. The van der Waals surface area contributed by atoms with Crippen LogP contribution in [0.5, 0.6) is 0 Å². The summed E-state index contributed by atoms with van der Waals surface area (Å²) >= 11 is 0. The SMILES string of the molecule is O=C(c1ccccn1)N1CCCC[C@@H]1c1nnc(-c2ccncc2)o1. The third kappa shape index (κ3) is 3.13. The van der Waals surface area contributed by atoms with Gasteiger partial charge in [-0.15, -0.1) is 10.2 Å². The Balaban J connectivity index is 1.62. The van der Waals surface area contributed by atoms with E-state index in [9.17, 15) is 4.79 Å². The van der Waals surface area contributed by atoms with Crippen molar-refractivity contribution in [2.45, 2.75) is 25.3 Å². The predicted octanol–water partition coefficient (Wildman–Crippen LogP) is 2.89. The van der Waals surface area contributed by atoms with E-state index in [0.29, 0.717) is 24.0 Å². The van der Waals surface area contributed by atoms with Gasteiger partial charge < -0.3 is 9.32 Å². The molecule has 1 fully saturated rings. The number of hydrogen-bond donors (Lipinski definition) is 0. The smallest absolute Gasteiger partial charge is 0.273 e. The Bertz CT molecular complexity index is 850. The van der Waals surface area contributed by atoms with E-state index in [-0.39, 0.29) is 11.9 Å². The molecule has 0 bridgehead atoms. The summed E-state index contributed by atoms with van der Waals surface area (Å²) in [6, 6.07) is 8.75. The van der Waals surface area contributed by atoms with Gasteiger partial charge in [-0.3, -0.25) is 14.8 Å². The normalized spacial score (nSPS) is 17.4. The third-order valence-corrected chi connectivity index (χ3v) is 4.30. The highest BCUT2D eigenvalue weighted by Gasteiger charge is 2.33. The highest BCUT2D eigenvalue weighted by atomic mass is 16.4. The molecular weight excluding hydrogens is 318 g/mol. The molecule has 7 nitrogen and oxygen atoms in total. The second kappa shape index (κ2) is 6.80. The van der Waals surface area contributed by atoms with E-state index >= 15 is 0 Å². The Kier molecular flexibility index (Phi) is 4.20. The summed E-state index contributed by atoms with van der Waals surface area (Å²) in [6.45, 7) is 0.660. The summed E-state index contributed by atoms with van der Waals surface area (Å²) in [5.41, 5.74) is 1.25. The van der Waals surface area contributed by atoms with Crippen LogP contribution in [-0.2, 0) is 0 Å². The second-order valence-electron chi connectivity index (χ2n) is 5.91. The molecule has 1 amide bonds. The van der Waals surface area contributed by atoms with Crippen molar-refractivity contribution >= 4 is 5.91 Å². The van der Waals surface area contributed by atoms with Crippen LogP contribution in [0, 0.1) is 0 Å². The van der Waals surface area contributed by atoms with Crippen molar-refractivity contribution < 1.29 is 9.21 Å². The average Bonchev–Trinajstić information content (AvgIpc) is 3.19. The van der Waals surface area contributed by atoms with E-state index in [2.05, 4.69) is 20.2 Å². The average molecular weight is 335 g/mol. The zero-order chi connectivity index (χ0) is 17.1. The lowest BCUT2D eigenvalue weighted by Crippen LogP contribution is -2.39. The van der Waals surface area contributed by atoms with Crippen molar-refractivity contribution in [3.05, 3.63) is 60.5 Å². The first-order valence-electron chi connectivity index (χ1n) is 8.29. The van der Waals surface area contributed by atoms with Crippen LogP contribution in [-0.4, -0.2) is 37.5 Å². The molecule has 0 aliphatic carbocycles. The molecule has 0 spiro atoms. The number of likely N-dealkylation sites (tertiary alicyclic amines) is 1. The van der Waals surface area contributed by atoms with Crippen molar-refractivity contribution in [2.24, 2.45) is 0 Å². The van der Waals surface area contributed by atoms with E-state index in [1.54, 1.807) is 35.6 Å². The Morgan fingerprint density at radius 1 is 1.08 bits per heavy atom. The first kappa shape index (κ1) is 15.4. The summed E-state index contributed by atoms with van der Waals surface area (Å²) in [7, 11) is 0. The largest absolute Gasteiger partial charge is 0.418 e. The van der Waals surface area contributed by atoms with Crippen LogP contribution in [0.25, 0.3) is 11.5 Å². The van der Waals surface area contributed by atoms with E-state index in [4.69, 9.17) is 4.42 Å². The zero-order valence-corrected chi connectivity index (χ0v) is 13.6. The quantitative estimate of drug-likeness (QED) is 0.731. The highest BCUT2D eigenvalue weighted by molar-refractivity contribution is 5.92. The van der Waals surface area contributed by atoms with Crippen LogP contribution in [0.3, 0.4) is 0 Å². The number of rotatable bonds is 3. The molecule has 126 valence electrons. The summed E-state index contributed by atoms with van der Waals surface area (Å²) in [6.07, 6.45) is 7.76. The van der Waals surface area contributed by atoms with Crippen molar-refractivity contribution in [3.63, 3.8) is 0 Å². The lowest BCUT2D eigenvalue weighted by Gasteiger charge is -2.33. The minimum absolute atomic E-state index is 0.103. The molecule has 3 aromatic rings. The summed E-state index contributed by atoms with van der Waals surface area (Å²) in [5.74, 6) is 0.804. The second-order valence-corrected chi connectivity index (χ2v) is 5.91. The van der Waals surface area contributed by atoms with Crippen LogP contribution in [0.1, 0.15) is 41.7 Å². The highest BCUT2D eigenvalue weighted by Crippen LogP contribution is 2.32.